The Kier molecular flexibility index (Phi) is 4.42. The molecule has 2 aromatic rings. The third-order valence-corrected chi connectivity index (χ3v) is 3.53. The summed E-state index contributed by atoms with van der Waals surface area (Å²) in [7, 11) is 0. The van der Waals surface area contributed by atoms with E-state index in [1.807, 2.05) is 24.3 Å². The van der Waals surface area contributed by atoms with Gasteiger partial charge < -0.3 is 5.73 Å². The third-order valence-electron chi connectivity index (χ3n) is 2.62. The van der Waals surface area contributed by atoms with Gasteiger partial charge in [-0.2, -0.15) is 0 Å². The smallest absolute Gasteiger partial charge is 0.0408 e. The molecular weight excluding hydrogens is 345 g/mol. The first-order valence-electron chi connectivity index (χ1n) is 5.40. The summed E-state index contributed by atoms with van der Waals surface area (Å²) in [5.74, 6) is 0. The van der Waals surface area contributed by atoms with Crippen molar-refractivity contribution >= 4 is 34.2 Å². The van der Waals surface area contributed by atoms with Crippen LogP contribution in [-0.4, -0.2) is 0 Å². The number of hydrogen-bond donors (Lipinski definition) is 1. The Morgan fingerprint density at radius 1 is 1.12 bits per heavy atom. The zero-order valence-electron chi connectivity index (χ0n) is 9.24. The van der Waals surface area contributed by atoms with Crippen molar-refractivity contribution in [1.82, 2.24) is 0 Å². The molecule has 0 heterocycles. The molecule has 0 aromatic heterocycles. The summed E-state index contributed by atoms with van der Waals surface area (Å²) in [5.41, 5.74) is 8.53. The van der Waals surface area contributed by atoms with Crippen LogP contribution in [0.25, 0.3) is 0 Å². The Labute approximate surface area is 120 Å². The molecule has 0 saturated carbocycles. The van der Waals surface area contributed by atoms with Gasteiger partial charge in [-0.15, -0.1) is 0 Å². The van der Waals surface area contributed by atoms with Gasteiger partial charge in [-0.25, -0.2) is 0 Å². The zero-order valence-corrected chi connectivity index (χ0v) is 12.1. The highest BCUT2D eigenvalue weighted by molar-refractivity contribution is 14.1. The van der Waals surface area contributed by atoms with Gasteiger partial charge in [-0.3, -0.25) is 0 Å². The van der Waals surface area contributed by atoms with Crippen molar-refractivity contribution in [2.24, 2.45) is 5.73 Å². The van der Waals surface area contributed by atoms with Gasteiger partial charge in [0.1, 0.15) is 0 Å². The zero-order chi connectivity index (χ0) is 12.3. The van der Waals surface area contributed by atoms with E-state index in [9.17, 15) is 0 Å². The third kappa shape index (κ3) is 3.69. The average Bonchev–Trinajstić information content (AvgIpc) is 2.29. The van der Waals surface area contributed by atoms with Crippen LogP contribution in [0.4, 0.5) is 0 Å². The normalized spacial score (nSPS) is 12.4. The molecule has 1 nitrogen and oxygen atoms in total. The SMILES string of the molecule is NC(Cc1cccc(Cl)c1)c1cccc(I)c1. The molecule has 0 spiro atoms. The fourth-order valence-corrected chi connectivity index (χ4v) is 2.55. The predicted octanol–water partition coefficient (Wildman–Crippen LogP) is 4.19. The topological polar surface area (TPSA) is 26.0 Å². The highest BCUT2D eigenvalue weighted by atomic mass is 127. The van der Waals surface area contributed by atoms with Crippen molar-refractivity contribution in [3.05, 3.63) is 68.3 Å². The molecule has 0 amide bonds. The maximum Gasteiger partial charge on any atom is 0.0408 e. The van der Waals surface area contributed by atoms with E-state index in [0.717, 1.165) is 17.0 Å². The first kappa shape index (κ1) is 12.9. The summed E-state index contributed by atoms with van der Waals surface area (Å²) in [6.07, 6.45) is 0.806. The lowest BCUT2D eigenvalue weighted by atomic mass is 10.00. The van der Waals surface area contributed by atoms with Gasteiger partial charge in [-0.05, 0) is 64.4 Å². The lowest BCUT2D eigenvalue weighted by molar-refractivity contribution is 0.721. The van der Waals surface area contributed by atoms with Crippen molar-refractivity contribution in [3.8, 4) is 0 Å². The van der Waals surface area contributed by atoms with Crippen LogP contribution in [0.3, 0.4) is 0 Å². The Morgan fingerprint density at radius 3 is 2.59 bits per heavy atom. The fraction of sp³-hybridized carbons (Fsp3) is 0.143. The van der Waals surface area contributed by atoms with E-state index in [-0.39, 0.29) is 6.04 Å². The van der Waals surface area contributed by atoms with Crippen molar-refractivity contribution in [3.63, 3.8) is 0 Å². The van der Waals surface area contributed by atoms with E-state index in [4.69, 9.17) is 17.3 Å². The van der Waals surface area contributed by atoms with Crippen LogP contribution in [0, 0.1) is 3.57 Å². The molecule has 17 heavy (non-hydrogen) atoms. The maximum absolute atomic E-state index is 6.20. The van der Waals surface area contributed by atoms with Gasteiger partial charge in [0, 0.05) is 14.6 Å². The minimum atomic E-state index is 0.0168. The number of halogens is 2. The van der Waals surface area contributed by atoms with Gasteiger partial charge in [0.05, 0.1) is 0 Å². The number of benzene rings is 2. The molecule has 0 aliphatic rings. The number of hydrogen-bond acceptors (Lipinski definition) is 1. The second-order valence-corrected chi connectivity index (χ2v) is 5.68. The van der Waals surface area contributed by atoms with Crippen LogP contribution in [0.2, 0.25) is 5.02 Å². The standard InChI is InChI=1S/C14H13ClIN/c15-12-5-1-3-10(7-12)8-14(17)11-4-2-6-13(16)9-11/h1-7,9,14H,8,17H2. The second-order valence-electron chi connectivity index (χ2n) is 4.00. The van der Waals surface area contributed by atoms with Crippen molar-refractivity contribution in [1.29, 1.82) is 0 Å². The fourth-order valence-electron chi connectivity index (χ4n) is 1.77. The van der Waals surface area contributed by atoms with Gasteiger partial charge in [0.15, 0.2) is 0 Å². The van der Waals surface area contributed by atoms with Crippen LogP contribution >= 0.6 is 34.2 Å². The summed E-state index contributed by atoms with van der Waals surface area (Å²) in [4.78, 5) is 0. The summed E-state index contributed by atoms with van der Waals surface area (Å²) >= 11 is 8.26. The molecule has 0 bridgehead atoms. The molecule has 0 aliphatic heterocycles. The Morgan fingerprint density at radius 2 is 1.88 bits per heavy atom. The van der Waals surface area contributed by atoms with Gasteiger partial charge in [0.25, 0.3) is 0 Å². The van der Waals surface area contributed by atoms with E-state index in [0.29, 0.717) is 0 Å². The van der Waals surface area contributed by atoms with Gasteiger partial charge >= 0.3 is 0 Å². The van der Waals surface area contributed by atoms with E-state index in [2.05, 4.69) is 46.9 Å². The van der Waals surface area contributed by atoms with Crippen molar-refractivity contribution in [2.45, 2.75) is 12.5 Å². The molecule has 2 aromatic carbocycles. The molecule has 88 valence electrons. The Balaban J connectivity index is 2.14. The minimum absolute atomic E-state index is 0.0168. The minimum Gasteiger partial charge on any atom is -0.324 e. The van der Waals surface area contributed by atoms with E-state index < -0.39 is 0 Å². The van der Waals surface area contributed by atoms with Crippen LogP contribution < -0.4 is 5.73 Å². The van der Waals surface area contributed by atoms with E-state index in [1.54, 1.807) is 0 Å². The molecule has 0 radical (unpaired) electrons. The Bertz CT molecular complexity index is 513. The molecule has 1 unspecified atom stereocenters. The number of nitrogens with two attached hydrogens (primary N) is 1. The summed E-state index contributed by atoms with van der Waals surface area (Å²) in [5, 5.41) is 0.761. The quantitative estimate of drug-likeness (QED) is 0.819. The van der Waals surface area contributed by atoms with E-state index >= 15 is 0 Å². The van der Waals surface area contributed by atoms with E-state index in [1.165, 1.54) is 9.13 Å². The summed E-state index contributed by atoms with van der Waals surface area (Å²) < 4.78 is 1.21. The molecule has 2 rings (SSSR count). The molecule has 3 heteroatoms. The number of rotatable bonds is 3. The van der Waals surface area contributed by atoms with Crippen molar-refractivity contribution < 1.29 is 0 Å². The molecule has 0 fully saturated rings. The largest absolute Gasteiger partial charge is 0.324 e. The van der Waals surface area contributed by atoms with Crippen molar-refractivity contribution in [2.75, 3.05) is 0 Å². The molecule has 2 N–H and O–H groups in total. The highest BCUT2D eigenvalue weighted by Gasteiger charge is 2.07. The van der Waals surface area contributed by atoms with Crippen LogP contribution in [0.1, 0.15) is 17.2 Å². The second kappa shape index (κ2) is 5.85. The molecule has 0 aliphatic carbocycles. The lowest BCUT2D eigenvalue weighted by Gasteiger charge is -2.12. The van der Waals surface area contributed by atoms with Crippen LogP contribution in [0.5, 0.6) is 0 Å². The Hall–Kier alpha value is -0.580. The maximum atomic E-state index is 6.20. The molecule has 0 saturated heterocycles. The van der Waals surface area contributed by atoms with Gasteiger partial charge in [0.2, 0.25) is 0 Å². The summed E-state index contributed by atoms with van der Waals surface area (Å²) in [6.45, 7) is 0. The summed E-state index contributed by atoms with van der Waals surface area (Å²) in [6, 6.07) is 16.2. The first-order chi connectivity index (χ1) is 8.15. The lowest BCUT2D eigenvalue weighted by Crippen LogP contribution is -2.13. The highest BCUT2D eigenvalue weighted by Crippen LogP contribution is 2.20. The predicted molar refractivity (Wildman–Crippen MR) is 81.2 cm³/mol. The first-order valence-corrected chi connectivity index (χ1v) is 6.86. The average molecular weight is 358 g/mol. The van der Waals surface area contributed by atoms with Gasteiger partial charge in [-0.1, -0.05) is 35.9 Å². The monoisotopic (exact) mass is 357 g/mol. The van der Waals surface area contributed by atoms with Crippen LogP contribution in [0.15, 0.2) is 48.5 Å². The van der Waals surface area contributed by atoms with Crippen LogP contribution in [-0.2, 0) is 6.42 Å². The molecular formula is C14H13ClIN. The molecule has 1 atom stereocenters.